The molecule has 1 aromatic heterocycles. The molecular formula is C18H14N2O5. The third kappa shape index (κ3) is 3.40. The Bertz CT molecular complexity index is 957. The maximum atomic E-state index is 12.1. The molecule has 3 rings (SSSR count). The maximum Gasteiger partial charge on any atom is 0.355 e. The van der Waals surface area contributed by atoms with Crippen molar-refractivity contribution in [1.29, 1.82) is 0 Å². The molecule has 1 heterocycles. The standard InChI is InChI=1S/C18H14N2O5/c1-11-6-7-13(9-16(11)20(23)24)17(21)10-25-18(22)15-8-12-4-2-3-5-14(12)19-15/h2-9,19H,10H2,1H3. The summed E-state index contributed by atoms with van der Waals surface area (Å²) in [5.41, 5.74) is 1.46. The monoisotopic (exact) mass is 338 g/mol. The smallest absolute Gasteiger partial charge is 0.355 e. The molecule has 0 atom stereocenters. The summed E-state index contributed by atoms with van der Waals surface area (Å²) in [6.45, 7) is 1.09. The molecule has 0 unspecified atom stereocenters. The van der Waals surface area contributed by atoms with Gasteiger partial charge in [-0.05, 0) is 19.1 Å². The zero-order valence-electron chi connectivity index (χ0n) is 13.3. The van der Waals surface area contributed by atoms with E-state index >= 15 is 0 Å². The number of hydrogen-bond acceptors (Lipinski definition) is 5. The van der Waals surface area contributed by atoms with Crippen LogP contribution in [0.15, 0.2) is 48.5 Å². The van der Waals surface area contributed by atoms with E-state index in [0.717, 1.165) is 10.9 Å². The van der Waals surface area contributed by atoms with Crippen molar-refractivity contribution in [3.05, 3.63) is 75.5 Å². The first-order chi connectivity index (χ1) is 12.0. The fourth-order valence-corrected chi connectivity index (χ4v) is 2.46. The molecule has 7 nitrogen and oxygen atoms in total. The summed E-state index contributed by atoms with van der Waals surface area (Å²) in [5.74, 6) is -1.17. The Balaban J connectivity index is 1.70. The van der Waals surface area contributed by atoms with E-state index < -0.39 is 23.3 Å². The van der Waals surface area contributed by atoms with Gasteiger partial charge in [0, 0.05) is 28.1 Å². The molecule has 0 fully saturated rings. The average molecular weight is 338 g/mol. The minimum absolute atomic E-state index is 0.127. The number of hydrogen-bond donors (Lipinski definition) is 1. The zero-order valence-corrected chi connectivity index (χ0v) is 13.3. The van der Waals surface area contributed by atoms with Crippen LogP contribution in [-0.4, -0.2) is 28.3 Å². The van der Waals surface area contributed by atoms with Gasteiger partial charge in [-0.3, -0.25) is 14.9 Å². The van der Waals surface area contributed by atoms with E-state index in [2.05, 4.69) is 4.98 Å². The number of aromatic amines is 1. The Morgan fingerprint density at radius 2 is 1.92 bits per heavy atom. The number of aromatic nitrogens is 1. The second kappa shape index (κ2) is 6.56. The van der Waals surface area contributed by atoms with Gasteiger partial charge in [0.25, 0.3) is 5.69 Å². The van der Waals surface area contributed by atoms with Crippen molar-refractivity contribution in [3.63, 3.8) is 0 Å². The summed E-state index contributed by atoms with van der Waals surface area (Å²) in [5, 5.41) is 11.8. The van der Waals surface area contributed by atoms with Gasteiger partial charge in [-0.1, -0.05) is 30.3 Å². The van der Waals surface area contributed by atoms with Crippen LogP contribution >= 0.6 is 0 Å². The fourth-order valence-electron chi connectivity index (χ4n) is 2.46. The van der Waals surface area contributed by atoms with Gasteiger partial charge in [0.05, 0.1) is 4.92 Å². The van der Waals surface area contributed by atoms with Gasteiger partial charge >= 0.3 is 5.97 Å². The lowest BCUT2D eigenvalue weighted by Crippen LogP contribution is -2.14. The lowest BCUT2D eigenvalue weighted by atomic mass is 10.1. The van der Waals surface area contributed by atoms with Crippen LogP contribution in [0.1, 0.15) is 26.4 Å². The predicted octanol–water partition coefficient (Wildman–Crippen LogP) is 3.42. The number of H-pyrrole nitrogens is 1. The van der Waals surface area contributed by atoms with Crippen molar-refractivity contribution in [2.75, 3.05) is 6.61 Å². The second-order valence-corrected chi connectivity index (χ2v) is 5.53. The van der Waals surface area contributed by atoms with Crippen molar-refractivity contribution in [2.45, 2.75) is 6.92 Å². The van der Waals surface area contributed by atoms with Gasteiger partial charge in [0.2, 0.25) is 5.78 Å². The molecule has 0 spiro atoms. The van der Waals surface area contributed by atoms with Crippen LogP contribution in [0.25, 0.3) is 10.9 Å². The Morgan fingerprint density at radius 3 is 2.64 bits per heavy atom. The Kier molecular flexibility index (Phi) is 4.30. The minimum atomic E-state index is -0.661. The lowest BCUT2D eigenvalue weighted by molar-refractivity contribution is -0.385. The number of aryl methyl sites for hydroxylation is 1. The zero-order chi connectivity index (χ0) is 18.0. The highest BCUT2D eigenvalue weighted by Gasteiger charge is 2.17. The van der Waals surface area contributed by atoms with Crippen molar-refractivity contribution in [1.82, 2.24) is 4.98 Å². The van der Waals surface area contributed by atoms with Gasteiger partial charge in [0.15, 0.2) is 6.61 Å². The minimum Gasteiger partial charge on any atom is -0.453 e. The number of benzene rings is 2. The largest absolute Gasteiger partial charge is 0.453 e. The SMILES string of the molecule is Cc1ccc(C(=O)COC(=O)c2cc3ccccc3[nH]2)cc1[N+](=O)[O-]. The van der Waals surface area contributed by atoms with E-state index in [1.54, 1.807) is 13.0 Å². The number of fused-ring (bicyclic) bond motifs is 1. The Morgan fingerprint density at radius 1 is 1.16 bits per heavy atom. The molecule has 0 amide bonds. The number of ketones is 1. The van der Waals surface area contributed by atoms with Gasteiger partial charge in [-0.2, -0.15) is 0 Å². The quantitative estimate of drug-likeness (QED) is 0.332. The number of carbonyl (C=O) groups excluding carboxylic acids is 2. The molecule has 126 valence electrons. The molecule has 0 bridgehead atoms. The maximum absolute atomic E-state index is 12.1. The van der Waals surface area contributed by atoms with E-state index in [-0.39, 0.29) is 16.9 Å². The van der Waals surface area contributed by atoms with Crippen molar-refractivity contribution in [2.24, 2.45) is 0 Å². The first-order valence-electron chi connectivity index (χ1n) is 7.49. The van der Waals surface area contributed by atoms with E-state index in [0.29, 0.717) is 5.56 Å². The molecule has 0 radical (unpaired) electrons. The normalized spacial score (nSPS) is 10.6. The molecule has 0 aliphatic carbocycles. The predicted molar refractivity (Wildman–Crippen MR) is 90.7 cm³/mol. The van der Waals surface area contributed by atoms with Crippen molar-refractivity contribution < 1.29 is 19.2 Å². The summed E-state index contributed by atoms with van der Waals surface area (Å²) in [4.78, 5) is 37.5. The summed E-state index contributed by atoms with van der Waals surface area (Å²) < 4.78 is 5.01. The number of nitro groups is 1. The number of ether oxygens (including phenoxy) is 1. The molecular weight excluding hydrogens is 324 g/mol. The van der Waals surface area contributed by atoms with Crippen molar-refractivity contribution in [3.8, 4) is 0 Å². The molecule has 0 aliphatic heterocycles. The van der Waals surface area contributed by atoms with Crippen LogP contribution in [0.2, 0.25) is 0 Å². The molecule has 7 heteroatoms. The molecule has 1 N–H and O–H groups in total. The summed E-state index contributed by atoms with van der Waals surface area (Å²) in [6, 6.07) is 13.1. The first-order valence-corrected chi connectivity index (χ1v) is 7.49. The summed E-state index contributed by atoms with van der Waals surface area (Å²) in [6.07, 6.45) is 0. The number of rotatable bonds is 5. The van der Waals surface area contributed by atoms with E-state index in [4.69, 9.17) is 4.74 Å². The number of esters is 1. The van der Waals surface area contributed by atoms with Gasteiger partial charge < -0.3 is 9.72 Å². The van der Waals surface area contributed by atoms with Crippen LogP contribution in [0.5, 0.6) is 0 Å². The topological polar surface area (TPSA) is 102 Å². The number of Topliss-reactive ketones (excluding diaryl/α,β-unsaturated/α-hetero) is 1. The number of nitro benzene ring substituents is 1. The fraction of sp³-hybridized carbons (Fsp3) is 0.111. The average Bonchev–Trinajstić information content (AvgIpc) is 3.03. The molecule has 25 heavy (non-hydrogen) atoms. The summed E-state index contributed by atoms with van der Waals surface area (Å²) >= 11 is 0. The third-order valence-corrected chi connectivity index (χ3v) is 3.81. The van der Waals surface area contributed by atoms with Crippen LogP contribution in [-0.2, 0) is 4.74 Å². The Labute approximate surface area is 142 Å². The van der Waals surface area contributed by atoms with Crippen LogP contribution in [0.4, 0.5) is 5.69 Å². The van der Waals surface area contributed by atoms with Gasteiger partial charge in [0.1, 0.15) is 5.69 Å². The van der Waals surface area contributed by atoms with E-state index in [1.165, 1.54) is 18.2 Å². The first kappa shape index (κ1) is 16.4. The van der Waals surface area contributed by atoms with Crippen LogP contribution in [0, 0.1) is 17.0 Å². The number of nitrogens with zero attached hydrogens (tertiary/aromatic N) is 1. The van der Waals surface area contributed by atoms with Crippen molar-refractivity contribution >= 4 is 28.3 Å². The molecule has 0 aliphatic rings. The third-order valence-electron chi connectivity index (χ3n) is 3.81. The highest BCUT2D eigenvalue weighted by atomic mass is 16.6. The second-order valence-electron chi connectivity index (χ2n) is 5.53. The molecule has 2 aromatic carbocycles. The highest BCUT2D eigenvalue weighted by Crippen LogP contribution is 2.20. The number of nitrogens with one attached hydrogen (secondary N) is 1. The molecule has 3 aromatic rings. The number of para-hydroxylation sites is 1. The molecule has 0 saturated heterocycles. The van der Waals surface area contributed by atoms with Crippen LogP contribution in [0.3, 0.4) is 0 Å². The highest BCUT2D eigenvalue weighted by molar-refractivity contribution is 6.00. The van der Waals surface area contributed by atoms with E-state index in [9.17, 15) is 19.7 Å². The van der Waals surface area contributed by atoms with Gasteiger partial charge in [-0.15, -0.1) is 0 Å². The Hall–Kier alpha value is -3.48. The summed E-state index contributed by atoms with van der Waals surface area (Å²) in [7, 11) is 0. The number of carbonyl (C=O) groups is 2. The van der Waals surface area contributed by atoms with Crippen LogP contribution < -0.4 is 0 Å². The molecule has 0 saturated carbocycles. The van der Waals surface area contributed by atoms with Gasteiger partial charge in [-0.25, -0.2) is 4.79 Å². The lowest BCUT2D eigenvalue weighted by Gasteiger charge is -2.04. The van der Waals surface area contributed by atoms with E-state index in [1.807, 2.05) is 24.3 Å².